The second-order valence-electron chi connectivity index (χ2n) is 8.92. The van der Waals surface area contributed by atoms with E-state index >= 15 is 0 Å². The fourth-order valence-corrected chi connectivity index (χ4v) is 4.75. The minimum absolute atomic E-state index is 0.118. The number of alkyl halides is 2. The molecule has 0 bridgehead atoms. The molecule has 0 radical (unpaired) electrons. The molecule has 0 aromatic heterocycles. The number of aryl methyl sites for hydroxylation is 1. The van der Waals surface area contributed by atoms with E-state index in [9.17, 15) is 13.2 Å². The van der Waals surface area contributed by atoms with E-state index in [1.54, 1.807) is 6.07 Å². The number of ether oxygens (including phenoxy) is 1. The molecular weight excluding hydrogens is 397 g/mol. The summed E-state index contributed by atoms with van der Waals surface area (Å²) in [5.41, 5.74) is 2.33. The lowest BCUT2D eigenvalue weighted by Crippen LogP contribution is -2.20. The van der Waals surface area contributed by atoms with Gasteiger partial charge in [0.25, 0.3) is 0 Å². The quantitative estimate of drug-likeness (QED) is 0.368. The summed E-state index contributed by atoms with van der Waals surface area (Å²) in [6.07, 6.45) is 5.75. The molecule has 1 saturated carbocycles. The van der Waals surface area contributed by atoms with Gasteiger partial charge in [-0.1, -0.05) is 69.5 Å². The van der Waals surface area contributed by atoms with Crippen molar-refractivity contribution in [2.24, 2.45) is 5.92 Å². The van der Waals surface area contributed by atoms with Gasteiger partial charge in [0.05, 0.1) is 12.2 Å². The standard InChI is InChI=1S/C27H35F3O/c1-3-5-20-7-10-22(11-8-20)23-13-15-25(16-14-23)27(29,30)31-18-17-24-12-9-21(6-4-2)19-26(24)28/h9,12-16,19-20,22H,3-8,10-11,17-18H2,1-2H3. The number of rotatable bonds is 10. The first-order valence-electron chi connectivity index (χ1n) is 11.8. The molecule has 0 aliphatic heterocycles. The van der Waals surface area contributed by atoms with Gasteiger partial charge >= 0.3 is 6.11 Å². The topological polar surface area (TPSA) is 9.23 Å². The molecule has 3 rings (SSSR count). The normalized spacial score (nSPS) is 19.5. The summed E-state index contributed by atoms with van der Waals surface area (Å²) in [6, 6.07) is 11.6. The average Bonchev–Trinajstić information content (AvgIpc) is 2.76. The summed E-state index contributed by atoms with van der Waals surface area (Å²) in [6.45, 7) is 4.03. The van der Waals surface area contributed by atoms with Crippen molar-refractivity contribution in [2.75, 3.05) is 6.61 Å². The fourth-order valence-electron chi connectivity index (χ4n) is 4.75. The number of benzene rings is 2. The van der Waals surface area contributed by atoms with Gasteiger partial charge in [-0.3, -0.25) is 0 Å². The van der Waals surface area contributed by atoms with Crippen LogP contribution in [0.25, 0.3) is 0 Å². The molecule has 0 amide bonds. The zero-order valence-electron chi connectivity index (χ0n) is 18.8. The van der Waals surface area contributed by atoms with Gasteiger partial charge in [-0.25, -0.2) is 4.39 Å². The zero-order valence-corrected chi connectivity index (χ0v) is 18.8. The van der Waals surface area contributed by atoms with E-state index < -0.39 is 6.11 Å². The molecule has 1 aliphatic carbocycles. The van der Waals surface area contributed by atoms with E-state index in [4.69, 9.17) is 4.74 Å². The van der Waals surface area contributed by atoms with Crippen LogP contribution < -0.4 is 0 Å². The van der Waals surface area contributed by atoms with Gasteiger partial charge in [-0.15, -0.1) is 0 Å². The Morgan fingerprint density at radius 1 is 0.903 bits per heavy atom. The molecule has 2 aromatic carbocycles. The molecule has 1 nitrogen and oxygen atoms in total. The molecule has 0 saturated heterocycles. The second kappa shape index (κ2) is 11.2. The van der Waals surface area contributed by atoms with Crippen molar-refractivity contribution in [1.29, 1.82) is 0 Å². The molecule has 0 unspecified atom stereocenters. The van der Waals surface area contributed by atoms with Crippen molar-refractivity contribution in [2.45, 2.75) is 83.7 Å². The maximum absolute atomic E-state index is 14.5. The molecule has 0 atom stereocenters. The predicted molar refractivity (Wildman–Crippen MR) is 120 cm³/mol. The van der Waals surface area contributed by atoms with Crippen molar-refractivity contribution in [3.8, 4) is 0 Å². The van der Waals surface area contributed by atoms with Gasteiger partial charge in [0, 0.05) is 0 Å². The highest BCUT2D eigenvalue weighted by atomic mass is 19.3. The van der Waals surface area contributed by atoms with E-state index in [1.807, 2.05) is 25.1 Å². The summed E-state index contributed by atoms with van der Waals surface area (Å²) in [4.78, 5) is 0. The third kappa shape index (κ3) is 6.58. The summed E-state index contributed by atoms with van der Waals surface area (Å²) < 4.78 is 48.1. The van der Waals surface area contributed by atoms with E-state index in [2.05, 4.69) is 6.92 Å². The Labute approximate surface area is 185 Å². The second-order valence-corrected chi connectivity index (χ2v) is 8.92. The van der Waals surface area contributed by atoms with Crippen LogP contribution in [-0.2, 0) is 23.7 Å². The lowest BCUT2D eigenvalue weighted by Gasteiger charge is -2.29. The van der Waals surface area contributed by atoms with Crippen LogP contribution >= 0.6 is 0 Å². The molecule has 4 heteroatoms. The molecule has 0 N–H and O–H groups in total. The van der Waals surface area contributed by atoms with Crippen molar-refractivity contribution in [1.82, 2.24) is 0 Å². The predicted octanol–water partition coefficient (Wildman–Crippen LogP) is 8.16. The first-order valence-corrected chi connectivity index (χ1v) is 11.8. The summed E-state index contributed by atoms with van der Waals surface area (Å²) in [5, 5.41) is 0. The van der Waals surface area contributed by atoms with Crippen molar-refractivity contribution >= 4 is 0 Å². The van der Waals surface area contributed by atoms with Gasteiger partial charge < -0.3 is 4.74 Å². The Kier molecular flexibility index (Phi) is 8.59. The van der Waals surface area contributed by atoms with Crippen LogP contribution in [0.15, 0.2) is 42.5 Å². The Bertz CT molecular complexity index is 808. The summed E-state index contributed by atoms with van der Waals surface area (Å²) in [7, 11) is 0. The maximum Gasteiger partial charge on any atom is 0.383 e. The Hall–Kier alpha value is -1.81. The first-order chi connectivity index (χ1) is 14.9. The van der Waals surface area contributed by atoms with Crippen LogP contribution in [0.1, 0.15) is 87.0 Å². The van der Waals surface area contributed by atoms with Crippen molar-refractivity contribution in [3.63, 3.8) is 0 Å². The monoisotopic (exact) mass is 432 g/mol. The van der Waals surface area contributed by atoms with E-state index in [0.717, 1.165) is 42.7 Å². The Morgan fingerprint density at radius 2 is 1.61 bits per heavy atom. The molecular formula is C27H35F3O. The highest BCUT2D eigenvalue weighted by Crippen LogP contribution is 2.38. The number of halogens is 3. The smallest absolute Gasteiger partial charge is 0.316 e. The Balaban J connectivity index is 1.52. The van der Waals surface area contributed by atoms with Crippen LogP contribution in [-0.4, -0.2) is 6.61 Å². The first kappa shape index (κ1) is 23.8. The van der Waals surface area contributed by atoms with Crippen LogP contribution in [0.5, 0.6) is 0 Å². The third-order valence-corrected chi connectivity index (χ3v) is 6.57. The van der Waals surface area contributed by atoms with E-state index in [1.165, 1.54) is 43.9 Å². The van der Waals surface area contributed by atoms with Gasteiger partial charge in [0.1, 0.15) is 5.82 Å². The minimum Gasteiger partial charge on any atom is -0.316 e. The molecule has 1 aliphatic rings. The zero-order chi connectivity index (χ0) is 22.3. The summed E-state index contributed by atoms with van der Waals surface area (Å²) >= 11 is 0. The van der Waals surface area contributed by atoms with Crippen LogP contribution in [0, 0.1) is 11.7 Å². The molecule has 1 fully saturated rings. The largest absolute Gasteiger partial charge is 0.383 e. The van der Waals surface area contributed by atoms with Crippen LogP contribution in [0.2, 0.25) is 0 Å². The summed E-state index contributed by atoms with van der Waals surface area (Å²) in [5.74, 6) is 0.942. The SMILES string of the molecule is CCCc1ccc(CCOC(F)(F)c2ccc(C3CCC(CCC)CC3)cc2)c(F)c1. The lowest BCUT2D eigenvalue weighted by atomic mass is 9.77. The van der Waals surface area contributed by atoms with Crippen LogP contribution in [0.3, 0.4) is 0 Å². The molecule has 31 heavy (non-hydrogen) atoms. The Morgan fingerprint density at radius 3 is 2.23 bits per heavy atom. The fraction of sp³-hybridized carbons (Fsp3) is 0.556. The third-order valence-electron chi connectivity index (χ3n) is 6.57. The average molecular weight is 433 g/mol. The van der Waals surface area contributed by atoms with Crippen molar-refractivity contribution < 1.29 is 17.9 Å². The van der Waals surface area contributed by atoms with Gasteiger partial charge in [-0.05, 0) is 73.1 Å². The maximum atomic E-state index is 14.5. The molecule has 170 valence electrons. The van der Waals surface area contributed by atoms with Crippen molar-refractivity contribution in [3.05, 3.63) is 70.5 Å². The number of hydrogen-bond donors (Lipinski definition) is 0. The minimum atomic E-state index is -3.38. The molecule has 0 heterocycles. The van der Waals surface area contributed by atoms with Gasteiger partial charge in [-0.2, -0.15) is 8.78 Å². The molecule has 2 aromatic rings. The highest BCUT2D eigenvalue weighted by molar-refractivity contribution is 5.28. The lowest BCUT2D eigenvalue weighted by molar-refractivity contribution is -0.248. The number of hydrogen-bond acceptors (Lipinski definition) is 1. The highest BCUT2D eigenvalue weighted by Gasteiger charge is 2.33. The van der Waals surface area contributed by atoms with Gasteiger partial charge in [0.2, 0.25) is 0 Å². The van der Waals surface area contributed by atoms with Gasteiger partial charge in [0.15, 0.2) is 0 Å². The van der Waals surface area contributed by atoms with Crippen LogP contribution in [0.4, 0.5) is 13.2 Å². The van der Waals surface area contributed by atoms with E-state index in [0.29, 0.717) is 11.5 Å². The molecule has 0 spiro atoms. The van der Waals surface area contributed by atoms with E-state index in [-0.39, 0.29) is 24.4 Å².